The second-order valence-corrected chi connectivity index (χ2v) is 8.10. The van der Waals surface area contributed by atoms with E-state index in [2.05, 4.69) is 15.3 Å². The normalized spacial score (nSPS) is 11.0. The highest BCUT2D eigenvalue weighted by Gasteiger charge is 2.17. The first kappa shape index (κ1) is 21.1. The van der Waals surface area contributed by atoms with Gasteiger partial charge in [0, 0.05) is 16.1 Å². The monoisotopic (exact) mass is 477 g/mol. The van der Waals surface area contributed by atoms with Gasteiger partial charge in [-0.15, -0.1) is 0 Å². The number of anilines is 1. The number of aromatic nitrogens is 2. The van der Waals surface area contributed by atoms with E-state index in [1.807, 2.05) is 30.3 Å². The Bertz CT molecular complexity index is 1460. The van der Waals surface area contributed by atoms with Crippen molar-refractivity contribution in [2.75, 3.05) is 12.4 Å². The first-order valence-electron chi connectivity index (χ1n) is 10.0. The molecular formula is C25H17Cl2N3O3. The summed E-state index contributed by atoms with van der Waals surface area (Å²) in [5.41, 5.74) is 3.67. The van der Waals surface area contributed by atoms with Crippen molar-refractivity contribution in [3.05, 3.63) is 88.6 Å². The van der Waals surface area contributed by atoms with E-state index in [1.165, 1.54) is 7.11 Å². The Morgan fingerprint density at radius 2 is 1.88 bits per heavy atom. The molecule has 2 aromatic heterocycles. The number of rotatable bonds is 5. The molecule has 0 saturated carbocycles. The molecule has 0 radical (unpaired) electrons. The fourth-order valence-corrected chi connectivity index (χ4v) is 3.90. The lowest BCUT2D eigenvalue weighted by atomic mass is 10.1. The van der Waals surface area contributed by atoms with Crippen molar-refractivity contribution in [2.24, 2.45) is 0 Å². The number of benzene rings is 3. The Morgan fingerprint density at radius 1 is 1.03 bits per heavy atom. The number of hydrogen-bond acceptors (Lipinski definition) is 4. The van der Waals surface area contributed by atoms with Crippen LogP contribution in [0.25, 0.3) is 33.7 Å². The van der Waals surface area contributed by atoms with Crippen molar-refractivity contribution >= 4 is 45.8 Å². The molecule has 0 spiro atoms. The average Bonchev–Trinajstić information content (AvgIpc) is 3.48. The number of H-pyrrole nitrogens is 1. The van der Waals surface area contributed by atoms with Crippen LogP contribution >= 0.6 is 23.2 Å². The van der Waals surface area contributed by atoms with Crippen LogP contribution in [-0.2, 0) is 0 Å². The van der Waals surface area contributed by atoms with Crippen molar-refractivity contribution in [3.63, 3.8) is 0 Å². The van der Waals surface area contributed by atoms with Crippen molar-refractivity contribution in [1.82, 2.24) is 9.97 Å². The van der Waals surface area contributed by atoms with Gasteiger partial charge in [0.1, 0.15) is 17.3 Å². The van der Waals surface area contributed by atoms with Crippen molar-refractivity contribution in [2.45, 2.75) is 0 Å². The number of nitrogens with zero attached hydrogens (tertiary/aromatic N) is 1. The number of hydrogen-bond donors (Lipinski definition) is 2. The SMILES string of the molecule is COc1ccc(-c2nc3ccccc3[nH]2)cc1NC(=O)c1ccc(-c2cc(Cl)ccc2Cl)o1. The zero-order valence-corrected chi connectivity index (χ0v) is 18.9. The lowest BCUT2D eigenvalue weighted by molar-refractivity contribution is 0.0997. The Hall–Kier alpha value is -3.74. The van der Waals surface area contributed by atoms with Gasteiger partial charge in [-0.3, -0.25) is 4.79 Å². The molecule has 8 heteroatoms. The first-order valence-corrected chi connectivity index (χ1v) is 10.8. The van der Waals surface area contributed by atoms with E-state index >= 15 is 0 Å². The smallest absolute Gasteiger partial charge is 0.291 e. The van der Waals surface area contributed by atoms with E-state index < -0.39 is 5.91 Å². The van der Waals surface area contributed by atoms with Gasteiger partial charge >= 0.3 is 0 Å². The lowest BCUT2D eigenvalue weighted by Crippen LogP contribution is -2.11. The van der Waals surface area contributed by atoms with E-state index in [0.29, 0.717) is 38.6 Å². The Morgan fingerprint density at radius 3 is 2.70 bits per heavy atom. The van der Waals surface area contributed by atoms with Crippen molar-refractivity contribution in [1.29, 1.82) is 0 Å². The molecule has 3 aromatic carbocycles. The van der Waals surface area contributed by atoms with Crippen LogP contribution in [-0.4, -0.2) is 23.0 Å². The second kappa shape index (κ2) is 8.65. The molecular weight excluding hydrogens is 461 g/mol. The zero-order chi connectivity index (χ0) is 22.9. The average molecular weight is 478 g/mol. The molecule has 0 saturated heterocycles. The third-order valence-electron chi connectivity index (χ3n) is 5.13. The number of imidazole rings is 1. The molecule has 0 aliphatic rings. The number of ether oxygens (including phenoxy) is 1. The summed E-state index contributed by atoms with van der Waals surface area (Å²) in [6.07, 6.45) is 0. The summed E-state index contributed by atoms with van der Waals surface area (Å²) in [5.74, 6) is 1.32. The first-order chi connectivity index (χ1) is 16.0. The maximum Gasteiger partial charge on any atom is 0.291 e. The van der Waals surface area contributed by atoms with Gasteiger partial charge in [-0.05, 0) is 60.7 Å². The molecule has 2 N–H and O–H groups in total. The van der Waals surface area contributed by atoms with E-state index in [-0.39, 0.29) is 5.76 Å². The number of carbonyl (C=O) groups excluding carboxylic acids is 1. The molecule has 0 aliphatic carbocycles. The van der Waals surface area contributed by atoms with Gasteiger partial charge < -0.3 is 19.5 Å². The van der Waals surface area contributed by atoms with Crippen LogP contribution in [0.2, 0.25) is 10.0 Å². The van der Waals surface area contributed by atoms with E-state index in [9.17, 15) is 4.79 Å². The molecule has 1 amide bonds. The minimum Gasteiger partial charge on any atom is -0.495 e. The van der Waals surface area contributed by atoms with Gasteiger partial charge in [0.2, 0.25) is 0 Å². The number of carbonyl (C=O) groups is 1. The zero-order valence-electron chi connectivity index (χ0n) is 17.4. The summed E-state index contributed by atoms with van der Waals surface area (Å²) in [6, 6.07) is 21.5. The highest BCUT2D eigenvalue weighted by atomic mass is 35.5. The van der Waals surface area contributed by atoms with Crippen molar-refractivity contribution in [3.8, 4) is 28.5 Å². The molecule has 0 aliphatic heterocycles. The summed E-state index contributed by atoms with van der Waals surface area (Å²) >= 11 is 12.3. The largest absolute Gasteiger partial charge is 0.495 e. The van der Waals surface area contributed by atoms with E-state index in [4.69, 9.17) is 32.4 Å². The Balaban J connectivity index is 1.44. The van der Waals surface area contributed by atoms with Gasteiger partial charge in [0.25, 0.3) is 5.91 Å². The molecule has 33 heavy (non-hydrogen) atoms. The maximum atomic E-state index is 12.9. The van der Waals surface area contributed by atoms with Gasteiger partial charge in [0.05, 0.1) is 28.9 Å². The number of nitrogens with one attached hydrogen (secondary N) is 2. The molecule has 2 heterocycles. The Labute approximate surface area is 199 Å². The highest BCUT2D eigenvalue weighted by Crippen LogP contribution is 2.33. The maximum absolute atomic E-state index is 12.9. The number of furan rings is 1. The molecule has 0 unspecified atom stereocenters. The third-order valence-corrected chi connectivity index (χ3v) is 5.70. The number of halogens is 2. The fraction of sp³-hybridized carbons (Fsp3) is 0.0400. The van der Waals surface area contributed by atoms with Gasteiger partial charge in [-0.25, -0.2) is 4.98 Å². The quantitative estimate of drug-likeness (QED) is 0.284. The number of methoxy groups -OCH3 is 1. The molecule has 5 aromatic rings. The molecule has 0 atom stereocenters. The summed E-state index contributed by atoms with van der Waals surface area (Å²) in [6.45, 7) is 0. The standard InChI is InChI=1S/C25H17Cl2N3O3/c1-32-22-9-6-14(24-28-18-4-2-3-5-19(18)29-24)12-20(22)30-25(31)23-11-10-21(33-23)16-13-15(26)7-8-17(16)27/h2-13H,1H3,(H,28,29)(H,30,31). The van der Waals surface area contributed by atoms with Crippen LogP contribution < -0.4 is 10.1 Å². The molecule has 0 bridgehead atoms. The number of aromatic amines is 1. The number of para-hydroxylation sites is 2. The van der Waals surface area contributed by atoms with Crippen molar-refractivity contribution < 1.29 is 13.9 Å². The van der Waals surface area contributed by atoms with Gasteiger partial charge in [-0.2, -0.15) is 0 Å². The third kappa shape index (κ3) is 4.18. The Kier molecular flexibility index (Phi) is 5.54. The second-order valence-electron chi connectivity index (χ2n) is 7.26. The molecule has 0 fully saturated rings. The highest BCUT2D eigenvalue weighted by molar-refractivity contribution is 6.35. The topological polar surface area (TPSA) is 80.1 Å². The summed E-state index contributed by atoms with van der Waals surface area (Å²) in [7, 11) is 1.54. The summed E-state index contributed by atoms with van der Waals surface area (Å²) in [4.78, 5) is 20.8. The van der Waals surface area contributed by atoms with Crippen LogP contribution in [0, 0.1) is 0 Å². The molecule has 164 valence electrons. The summed E-state index contributed by atoms with van der Waals surface area (Å²) in [5, 5.41) is 3.84. The number of fused-ring (bicyclic) bond motifs is 1. The van der Waals surface area contributed by atoms with Gasteiger partial charge in [-0.1, -0.05) is 35.3 Å². The van der Waals surface area contributed by atoms with Crippen LogP contribution in [0.5, 0.6) is 5.75 Å². The van der Waals surface area contributed by atoms with Crippen LogP contribution in [0.3, 0.4) is 0 Å². The minimum absolute atomic E-state index is 0.122. The fourth-order valence-electron chi connectivity index (χ4n) is 3.52. The predicted octanol–water partition coefficient (Wildman–Crippen LogP) is 7.06. The minimum atomic E-state index is -0.431. The predicted molar refractivity (Wildman–Crippen MR) is 130 cm³/mol. The molecule has 6 nitrogen and oxygen atoms in total. The van der Waals surface area contributed by atoms with E-state index in [0.717, 1.165) is 16.6 Å². The molecule has 5 rings (SSSR count). The number of amides is 1. The van der Waals surface area contributed by atoms with Crippen LogP contribution in [0.4, 0.5) is 5.69 Å². The van der Waals surface area contributed by atoms with Gasteiger partial charge in [0.15, 0.2) is 5.76 Å². The van der Waals surface area contributed by atoms with Crippen LogP contribution in [0.1, 0.15) is 10.6 Å². The lowest BCUT2D eigenvalue weighted by Gasteiger charge is -2.11. The van der Waals surface area contributed by atoms with E-state index in [1.54, 1.807) is 42.5 Å². The summed E-state index contributed by atoms with van der Waals surface area (Å²) < 4.78 is 11.2. The van der Waals surface area contributed by atoms with Crippen LogP contribution in [0.15, 0.2) is 77.2 Å².